The number of carbonyl (C=O) groups is 1. The molecule has 21 heavy (non-hydrogen) atoms. The zero-order chi connectivity index (χ0) is 15.2. The van der Waals surface area contributed by atoms with Crippen LogP contribution in [0, 0.1) is 6.92 Å². The van der Waals surface area contributed by atoms with Crippen molar-refractivity contribution in [3.63, 3.8) is 0 Å². The van der Waals surface area contributed by atoms with Gasteiger partial charge < -0.3 is 14.5 Å². The molecule has 1 N–H and O–H groups in total. The fourth-order valence-electron chi connectivity index (χ4n) is 1.66. The molecule has 2 aromatic heterocycles. The van der Waals surface area contributed by atoms with E-state index in [0.29, 0.717) is 23.7 Å². The summed E-state index contributed by atoms with van der Waals surface area (Å²) in [5, 5.41) is 2.78. The summed E-state index contributed by atoms with van der Waals surface area (Å²) in [4.78, 5) is 20.2. The number of rotatable bonds is 6. The molecule has 2 aromatic rings. The van der Waals surface area contributed by atoms with Crippen LogP contribution >= 0.6 is 0 Å². The quantitative estimate of drug-likeness (QED) is 0.884. The maximum atomic E-state index is 12.1. The standard InChI is InChI=1S/C15H19N3O3/c1-4-10(2)21-14-7-12(5-6-16-14)15(19)17-8-13-11(3)18-9-20-13/h5-7,9-10H,4,8H2,1-3H3,(H,17,19). The van der Waals surface area contributed by atoms with Crippen molar-refractivity contribution in [3.8, 4) is 5.88 Å². The molecule has 6 heteroatoms. The van der Waals surface area contributed by atoms with E-state index in [2.05, 4.69) is 15.3 Å². The van der Waals surface area contributed by atoms with Gasteiger partial charge >= 0.3 is 0 Å². The molecule has 2 heterocycles. The molecule has 0 fully saturated rings. The first-order valence-corrected chi connectivity index (χ1v) is 6.90. The van der Waals surface area contributed by atoms with E-state index >= 15 is 0 Å². The number of aryl methyl sites for hydroxylation is 1. The third kappa shape index (κ3) is 4.05. The summed E-state index contributed by atoms with van der Waals surface area (Å²) in [7, 11) is 0. The highest BCUT2D eigenvalue weighted by Crippen LogP contribution is 2.12. The molecule has 0 radical (unpaired) electrons. The molecule has 0 aliphatic heterocycles. The lowest BCUT2D eigenvalue weighted by Crippen LogP contribution is -2.23. The average Bonchev–Trinajstić information content (AvgIpc) is 2.90. The van der Waals surface area contributed by atoms with Crippen molar-refractivity contribution in [1.82, 2.24) is 15.3 Å². The van der Waals surface area contributed by atoms with Gasteiger partial charge in [0.05, 0.1) is 18.3 Å². The van der Waals surface area contributed by atoms with Crippen LogP contribution in [-0.2, 0) is 6.54 Å². The predicted molar refractivity (Wildman–Crippen MR) is 77.0 cm³/mol. The molecule has 6 nitrogen and oxygen atoms in total. The van der Waals surface area contributed by atoms with Gasteiger partial charge in [0.15, 0.2) is 6.39 Å². The summed E-state index contributed by atoms with van der Waals surface area (Å²) < 4.78 is 10.8. The van der Waals surface area contributed by atoms with Crippen LogP contribution in [-0.4, -0.2) is 22.0 Å². The van der Waals surface area contributed by atoms with Crippen molar-refractivity contribution in [2.45, 2.75) is 39.8 Å². The number of hydrogen-bond acceptors (Lipinski definition) is 5. The average molecular weight is 289 g/mol. The Bertz CT molecular complexity index is 610. The lowest BCUT2D eigenvalue weighted by molar-refractivity contribution is 0.0947. The van der Waals surface area contributed by atoms with Gasteiger partial charge in [0, 0.05) is 17.8 Å². The largest absolute Gasteiger partial charge is 0.475 e. The number of aromatic nitrogens is 2. The van der Waals surface area contributed by atoms with Gasteiger partial charge in [-0.05, 0) is 26.3 Å². The smallest absolute Gasteiger partial charge is 0.251 e. The predicted octanol–water partition coefficient (Wildman–Crippen LogP) is 2.49. The number of nitrogens with one attached hydrogen (secondary N) is 1. The highest BCUT2D eigenvalue weighted by Gasteiger charge is 2.11. The van der Waals surface area contributed by atoms with Gasteiger partial charge in [-0.15, -0.1) is 0 Å². The van der Waals surface area contributed by atoms with Crippen molar-refractivity contribution in [2.75, 3.05) is 0 Å². The van der Waals surface area contributed by atoms with Crippen molar-refractivity contribution in [2.24, 2.45) is 0 Å². The van der Waals surface area contributed by atoms with E-state index in [0.717, 1.165) is 12.1 Å². The van der Waals surface area contributed by atoms with Gasteiger partial charge in [0.25, 0.3) is 5.91 Å². The highest BCUT2D eigenvalue weighted by atomic mass is 16.5. The van der Waals surface area contributed by atoms with E-state index in [1.165, 1.54) is 6.39 Å². The minimum atomic E-state index is -0.206. The number of oxazole rings is 1. The van der Waals surface area contributed by atoms with Gasteiger partial charge in [-0.2, -0.15) is 0 Å². The summed E-state index contributed by atoms with van der Waals surface area (Å²) in [6.45, 7) is 6.12. The molecule has 0 aliphatic rings. The van der Waals surface area contributed by atoms with E-state index in [1.54, 1.807) is 18.3 Å². The monoisotopic (exact) mass is 289 g/mol. The molecule has 112 valence electrons. The van der Waals surface area contributed by atoms with E-state index in [9.17, 15) is 4.79 Å². The lowest BCUT2D eigenvalue weighted by atomic mass is 10.2. The number of nitrogens with zero attached hydrogens (tertiary/aromatic N) is 2. The van der Waals surface area contributed by atoms with Gasteiger partial charge in [-0.3, -0.25) is 4.79 Å². The van der Waals surface area contributed by atoms with Crippen molar-refractivity contribution in [3.05, 3.63) is 41.7 Å². The molecular formula is C15H19N3O3. The second-order valence-corrected chi connectivity index (χ2v) is 4.76. The van der Waals surface area contributed by atoms with Gasteiger partial charge in [-0.25, -0.2) is 9.97 Å². The van der Waals surface area contributed by atoms with Crippen molar-refractivity contribution in [1.29, 1.82) is 0 Å². The van der Waals surface area contributed by atoms with Crippen molar-refractivity contribution < 1.29 is 13.9 Å². The maximum absolute atomic E-state index is 12.1. The Morgan fingerprint density at radius 1 is 1.48 bits per heavy atom. The summed E-state index contributed by atoms with van der Waals surface area (Å²) in [6.07, 6.45) is 3.86. The summed E-state index contributed by atoms with van der Waals surface area (Å²) >= 11 is 0. The normalized spacial score (nSPS) is 12.0. The molecule has 1 unspecified atom stereocenters. The van der Waals surface area contributed by atoms with Gasteiger partial charge in [0.2, 0.25) is 5.88 Å². The first-order chi connectivity index (χ1) is 10.1. The van der Waals surface area contributed by atoms with E-state index in [1.807, 2.05) is 20.8 Å². The molecule has 0 spiro atoms. The van der Waals surface area contributed by atoms with Crippen LogP contribution in [0.3, 0.4) is 0 Å². The van der Waals surface area contributed by atoms with Crippen LogP contribution in [0.1, 0.15) is 42.1 Å². The number of pyridine rings is 1. The van der Waals surface area contributed by atoms with E-state index in [4.69, 9.17) is 9.15 Å². The third-order valence-electron chi connectivity index (χ3n) is 3.15. The van der Waals surface area contributed by atoms with Gasteiger partial charge in [0.1, 0.15) is 5.76 Å². The molecule has 0 aliphatic carbocycles. The Morgan fingerprint density at radius 3 is 2.95 bits per heavy atom. The van der Waals surface area contributed by atoms with Crippen molar-refractivity contribution >= 4 is 5.91 Å². The van der Waals surface area contributed by atoms with Crippen LogP contribution in [0.15, 0.2) is 29.1 Å². The summed E-state index contributed by atoms with van der Waals surface area (Å²) in [5.41, 5.74) is 1.27. The Hall–Kier alpha value is -2.37. The second kappa shape index (κ2) is 6.88. The minimum absolute atomic E-state index is 0.0626. The number of ether oxygens (including phenoxy) is 1. The minimum Gasteiger partial charge on any atom is -0.475 e. The molecule has 1 amide bonds. The Balaban J connectivity index is 1.99. The maximum Gasteiger partial charge on any atom is 0.251 e. The van der Waals surface area contributed by atoms with Gasteiger partial charge in [-0.1, -0.05) is 6.92 Å². The first-order valence-electron chi connectivity index (χ1n) is 6.90. The molecule has 0 aromatic carbocycles. The SMILES string of the molecule is CCC(C)Oc1cc(C(=O)NCc2ocnc2C)ccn1. The first kappa shape index (κ1) is 15.0. The zero-order valence-electron chi connectivity index (χ0n) is 12.4. The zero-order valence-corrected chi connectivity index (χ0v) is 12.4. The fraction of sp³-hybridized carbons (Fsp3) is 0.400. The lowest BCUT2D eigenvalue weighted by Gasteiger charge is -2.12. The molecule has 0 saturated carbocycles. The van der Waals surface area contributed by atoms with Crippen LogP contribution in [0.25, 0.3) is 0 Å². The Kier molecular flexibility index (Phi) is 4.92. The van der Waals surface area contributed by atoms with Crippen LogP contribution in [0.4, 0.5) is 0 Å². The highest BCUT2D eigenvalue weighted by molar-refractivity contribution is 5.94. The number of carbonyl (C=O) groups excluding carboxylic acids is 1. The van der Waals surface area contributed by atoms with Crippen LogP contribution in [0.5, 0.6) is 5.88 Å². The fourth-order valence-corrected chi connectivity index (χ4v) is 1.66. The second-order valence-electron chi connectivity index (χ2n) is 4.76. The van der Waals surface area contributed by atoms with Crippen LogP contribution in [0.2, 0.25) is 0 Å². The molecule has 0 saturated heterocycles. The Morgan fingerprint density at radius 2 is 2.29 bits per heavy atom. The number of amides is 1. The molecule has 0 bridgehead atoms. The summed E-state index contributed by atoms with van der Waals surface area (Å²) in [5.74, 6) is 0.892. The molecule has 2 rings (SSSR count). The van der Waals surface area contributed by atoms with Crippen LogP contribution < -0.4 is 10.1 Å². The third-order valence-corrected chi connectivity index (χ3v) is 3.15. The summed E-state index contributed by atoms with van der Waals surface area (Å²) in [6, 6.07) is 3.28. The Labute approximate surface area is 123 Å². The number of hydrogen-bond donors (Lipinski definition) is 1. The molecular weight excluding hydrogens is 270 g/mol. The topological polar surface area (TPSA) is 77.2 Å². The molecule has 1 atom stereocenters. The van der Waals surface area contributed by atoms with E-state index in [-0.39, 0.29) is 12.0 Å². The van der Waals surface area contributed by atoms with E-state index < -0.39 is 0 Å².